The van der Waals surface area contributed by atoms with Crippen molar-refractivity contribution in [3.05, 3.63) is 11.9 Å². The zero-order chi connectivity index (χ0) is 15.1. The van der Waals surface area contributed by atoms with Crippen LogP contribution in [0, 0.1) is 5.92 Å². The molecule has 1 rings (SSSR count). The molecule has 0 bridgehead atoms. The van der Waals surface area contributed by atoms with Crippen LogP contribution in [0.1, 0.15) is 32.8 Å². The quantitative estimate of drug-likeness (QED) is 0.765. The molecule has 0 aliphatic rings. The summed E-state index contributed by atoms with van der Waals surface area (Å²) in [5.41, 5.74) is 1.18. The summed E-state index contributed by atoms with van der Waals surface area (Å²) in [4.78, 5) is 11.0. The van der Waals surface area contributed by atoms with Gasteiger partial charge in [0.1, 0.15) is 18.0 Å². The van der Waals surface area contributed by atoms with Gasteiger partial charge in [-0.1, -0.05) is 27.2 Å². The number of nitrogens with one attached hydrogen (secondary N) is 2. The predicted molar refractivity (Wildman–Crippen MR) is 86.4 cm³/mol. The molecule has 5 nitrogen and oxygen atoms in total. The van der Waals surface area contributed by atoms with E-state index >= 15 is 0 Å². The second-order valence-electron chi connectivity index (χ2n) is 5.81. The first-order valence-electron chi connectivity index (χ1n) is 7.42. The van der Waals surface area contributed by atoms with Gasteiger partial charge >= 0.3 is 0 Å². The topological polar surface area (TPSA) is 53.1 Å². The van der Waals surface area contributed by atoms with E-state index in [0.29, 0.717) is 12.0 Å². The number of hydrogen-bond donors (Lipinski definition) is 2. The molecule has 0 aromatic carbocycles. The van der Waals surface area contributed by atoms with Crippen LogP contribution in [0.15, 0.2) is 6.33 Å². The fourth-order valence-electron chi connectivity index (χ4n) is 2.23. The molecule has 1 aromatic heterocycles. The number of aromatic nitrogens is 2. The lowest BCUT2D eigenvalue weighted by Crippen LogP contribution is -2.37. The maximum absolute atomic E-state index is 4.45. The van der Waals surface area contributed by atoms with Crippen molar-refractivity contribution in [1.29, 1.82) is 0 Å². The second kappa shape index (κ2) is 8.04. The standard InChI is InChI=1S/C15H29N5/c1-7-8-12-14(16-4)17-10-18-15(12)19-13(11(2)3)9-20(5)6/h10-11,13H,7-9H2,1-6H3,(H2,16,17,18,19). The zero-order valence-corrected chi connectivity index (χ0v) is 13.7. The van der Waals surface area contributed by atoms with E-state index in [1.54, 1.807) is 6.33 Å². The highest BCUT2D eigenvalue weighted by Crippen LogP contribution is 2.23. The zero-order valence-electron chi connectivity index (χ0n) is 13.7. The first-order valence-corrected chi connectivity index (χ1v) is 7.42. The molecule has 5 heteroatoms. The summed E-state index contributed by atoms with van der Waals surface area (Å²) in [5, 5.41) is 6.77. The normalized spacial score (nSPS) is 12.8. The Morgan fingerprint density at radius 3 is 2.35 bits per heavy atom. The third-order valence-electron chi connectivity index (χ3n) is 3.37. The van der Waals surface area contributed by atoms with E-state index in [-0.39, 0.29) is 0 Å². The molecule has 0 radical (unpaired) electrons. The average molecular weight is 279 g/mol. The predicted octanol–water partition coefficient (Wildman–Crippen LogP) is 2.47. The van der Waals surface area contributed by atoms with Crippen LogP contribution in [-0.2, 0) is 6.42 Å². The Kier molecular flexibility index (Phi) is 6.71. The molecular formula is C15H29N5. The molecule has 1 unspecified atom stereocenters. The van der Waals surface area contributed by atoms with Gasteiger partial charge in [0, 0.05) is 25.2 Å². The highest BCUT2D eigenvalue weighted by molar-refractivity contribution is 5.57. The molecule has 114 valence electrons. The SMILES string of the molecule is CCCc1c(NC)ncnc1NC(CN(C)C)C(C)C. The van der Waals surface area contributed by atoms with Crippen LogP contribution < -0.4 is 10.6 Å². The maximum Gasteiger partial charge on any atom is 0.134 e. The fraction of sp³-hybridized carbons (Fsp3) is 0.733. The molecule has 20 heavy (non-hydrogen) atoms. The van der Waals surface area contributed by atoms with E-state index in [1.165, 1.54) is 5.56 Å². The van der Waals surface area contributed by atoms with Crippen LogP contribution in [-0.4, -0.2) is 48.6 Å². The van der Waals surface area contributed by atoms with Crippen LogP contribution in [0.2, 0.25) is 0 Å². The van der Waals surface area contributed by atoms with Gasteiger partial charge in [-0.15, -0.1) is 0 Å². The minimum atomic E-state index is 0.375. The summed E-state index contributed by atoms with van der Waals surface area (Å²) in [6.07, 6.45) is 3.68. The third-order valence-corrected chi connectivity index (χ3v) is 3.37. The largest absolute Gasteiger partial charge is 0.373 e. The van der Waals surface area contributed by atoms with E-state index < -0.39 is 0 Å². The number of anilines is 2. The van der Waals surface area contributed by atoms with E-state index in [1.807, 2.05) is 7.05 Å². The van der Waals surface area contributed by atoms with Gasteiger partial charge in [-0.05, 0) is 26.4 Å². The molecular weight excluding hydrogens is 250 g/mol. The minimum Gasteiger partial charge on any atom is -0.373 e. The van der Waals surface area contributed by atoms with E-state index in [9.17, 15) is 0 Å². The van der Waals surface area contributed by atoms with Crippen LogP contribution in [0.25, 0.3) is 0 Å². The Balaban J connectivity index is 2.99. The summed E-state index contributed by atoms with van der Waals surface area (Å²) in [5.74, 6) is 2.43. The first-order chi connectivity index (χ1) is 9.49. The van der Waals surface area contributed by atoms with Crippen molar-refractivity contribution >= 4 is 11.6 Å². The highest BCUT2D eigenvalue weighted by Gasteiger charge is 2.18. The Morgan fingerprint density at radius 2 is 1.85 bits per heavy atom. The van der Waals surface area contributed by atoms with Crippen LogP contribution in [0.3, 0.4) is 0 Å². The van der Waals surface area contributed by atoms with Gasteiger partial charge in [-0.2, -0.15) is 0 Å². The van der Waals surface area contributed by atoms with Crippen molar-refractivity contribution in [3.8, 4) is 0 Å². The third kappa shape index (κ3) is 4.63. The second-order valence-corrected chi connectivity index (χ2v) is 5.81. The van der Waals surface area contributed by atoms with Crippen LogP contribution >= 0.6 is 0 Å². The molecule has 0 spiro atoms. The molecule has 2 N–H and O–H groups in total. The molecule has 1 heterocycles. The first kappa shape index (κ1) is 16.7. The highest BCUT2D eigenvalue weighted by atomic mass is 15.1. The number of likely N-dealkylation sites (N-methyl/N-ethyl adjacent to an activating group) is 1. The molecule has 0 aliphatic carbocycles. The van der Waals surface area contributed by atoms with Gasteiger partial charge in [-0.3, -0.25) is 0 Å². The summed E-state index contributed by atoms with van der Waals surface area (Å²) < 4.78 is 0. The summed E-state index contributed by atoms with van der Waals surface area (Å²) in [7, 11) is 6.11. The van der Waals surface area contributed by atoms with Gasteiger partial charge in [0.2, 0.25) is 0 Å². The molecule has 0 saturated heterocycles. The van der Waals surface area contributed by atoms with Gasteiger partial charge in [0.05, 0.1) is 0 Å². The monoisotopic (exact) mass is 279 g/mol. The lowest BCUT2D eigenvalue weighted by Gasteiger charge is -2.27. The van der Waals surface area contributed by atoms with Gasteiger partial charge < -0.3 is 15.5 Å². The van der Waals surface area contributed by atoms with E-state index in [0.717, 1.165) is 31.0 Å². The summed E-state index contributed by atoms with van der Waals surface area (Å²) in [6.45, 7) is 7.64. The van der Waals surface area contributed by atoms with Crippen molar-refractivity contribution in [2.24, 2.45) is 5.92 Å². The van der Waals surface area contributed by atoms with E-state index in [2.05, 4.69) is 60.4 Å². The fourth-order valence-corrected chi connectivity index (χ4v) is 2.23. The number of rotatable bonds is 8. The Morgan fingerprint density at radius 1 is 1.20 bits per heavy atom. The van der Waals surface area contributed by atoms with Crippen molar-refractivity contribution in [1.82, 2.24) is 14.9 Å². The van der Waals surface area contributed by atoms with Crippen LogP contribution in [0.5, 0.6) is 0 Å². The maximum atomic E-state index is 4.45. The van der Waals surface area contributed by atoms with Crippen molar-refractivity contribution in [2.75, 3.05) is 38.3 Å². The van der Waals surface area contributed by atoms with Gasteiger partial charge in [0.25, 0.3) is 0 Å². The van der Waals surface area contributed by atoms with Gasteiger partial charge in [0.15, 0.2) is 0 Å². The molecule has 0 amide bonds. The average Bonchev–Trinajstić information content (AvgIpc) is 2.39. The molecule has 1 aromatic rings. The number of nitrogens with zero attached hydrogens (tertiary/aromatic N) is 3. The lowest BCUT2D eigenvalue weighted by atomic mass is 10.0. The Hall–Kier alpha value is -1.36. The smallest absolute Gasteiger partial charge is 0.134 e. The lowest BCUT2D eigenvalue weighted by molar-refractivity contribution is 0.344. The number of hydrogen-bond acceptors (Lipinski definition) is 5. The minimum absolute atomic E-state index is 0.375. The summed E-state index contributed by atoms with van der Waals surface area (Å²) >= 11 is 0. The van der Waals surface area contributed by atoms with Crippen molar-refractivity contribution < 1.29 is 0 Å². The molecule has 0 aliphatic heterocycles. The van der Waals surface area contributed by atoms with E-state index in [4.69, 9.17) is 0 Å². The molecule has 0 saturated carbocycles. The van der Waals surface area contributed by atoms with Crippen molar-refractivity contribution in [3.63, 3.8) is 0 Å². The van der Waals surface area contributed by atoms with Crippen molar-refractivity contribution in [2.45, 2.75) is 39.7 Å². The Labute approximate surface area is 123 Å². The van der Waals surface area contributed by atoms with Crippen LogP contribution in [0.4, 0.5) is 11.6 Å². The Bertz CT molecular complexity index is 403. The molecule has 0 fully saturated rings. The summed E-state index contributed by atoms with van der Waals surface area (Å²) in [6, 6.07) is 0.375. The molecule has 1 atom stereocenters. The van der Waals surface area contributed by atoms with Gasteiger partial charge in [-0.25, -0.2) is 9.97 Å².